The van der Waals surface area contributed by atoms with E-state index in [0.29, 0.717) is 12.2 Å². The average Bonchev–Trinajstić information content (AvgIpc) is 3.17. The molecule has 0 bridgehead atoms. The first-order chi connectivity index (χ1) is 15.2. The Hall–Kier alpha value is -2.09. The summed E-state index contributed by atoms with van der Waals surface area (Å²) in [5.41, 5.74) is 7.14. The molecule has 0 amide bonds. The zero-order chi connectivity index (χ0) is 23.3. The van der Waals surface area contributed by atoms with Gasteiger partial charge in [-0.2, -0.15) is 8.42 Å². The lowest BCUT2D eigenvalue weighted by molar-refractivity contribution is 0.299. The minimum Gasteiger partial charge on any atom is -0.496 e. The van der Waals surface area contributed by atoms with Gasteiger partial charge in [0.25, 0.3) is 10.1 Å². The van der Waals surface area contributed by atoms with E-state index in [1.807, 2.05) is 0 Å². The Bertz CT molecular complexity index is 1030. The molecule has 1 heterocycles. The molecule has 1 aliphatic carbocycles. The number of methoxy groups -OCH3 is 1. The Morgan fingerprint density at radius 1 is 1.25 bits per heavy atom. The molecule has 0 saturated carbocycles. The molecule has 7 heteroatoms. The van der Waals surface area contributed by atoms with Crippen LogP contribution in [0.3, 0.4) is 0 Å². The molecule has 1 unspecified atom stereocenters. The summed E-state index contributed by atoms with van der Waals surface area (Å²) in [6.45, 7) is 5.26. The zero-order valence-electron chi connectivity index (χ0n) is 19.6. The maximum absolute atomic E-state index is 9.19. The third-order valence-electron chi connectivity index (χ3n) is 6.25. The van der Waals surface area contributed by atoms with E-state index in [4.69, 9.17) is 14.0 Å². The Morgan fingerprint density at radius 3 is 2.72 bits per heavy atom. The van der Waals surface area contributed by atoms with Gasteiger partial charge in [-0.3, -0.25) is 4.55 Å². The smallest absolute Gasteiger partial charge is 0.261 e. The molecule has 176 valence electrons. The van der Waals surface area contributed by atoms with E-state index >= 15 is 0 Å². The van der Waals surface area contributed by atoms with Gasteiger partial charge in [-0.1, -0.05) is 18.2 Å². The fourth-order valence-corrected chi connectivity index (χ4v) is 4.72. The highest BCUT2D eigenvalue weighted by atomic mass is 32.2. The van der Waals surface area contributed by atoms with Gasteiger partial charge < -0.3 is 14.4 Å². The van der Waals surface area contributed by atoms with Crippen LogP contribution in [0.4, 0.5) is 0 Å². The van der Waals surface area contributed by atoms with Crippen molar-refractivity contribution >= 4 is 10.1 Å². The van der Waals surface area contributed by atoms with Crippen LogP contribution in [0.1, 0.15) is 46.6 Å². The summed E-state index contributed by atoms with van der Waals surface area (Å²) < 4.78 is 37.2. The first kappa shape index (κ1) is 24.6. The number of hydrogen-bond donors (Lipinski definition) is 1. The second-order valence-electron chi connectivity index (χ2n) is 8.85. The molecule has 1 N–H and O–H groups in total. The predicted molar refractivity (Wildman–Crippen MR) is 128 cm³/mol. The molecule has 2 aromatic carbocycles. The van der Waals surface area contributed by atoms with Gasteiger partial charge in [-0.15, -0.1) is 0 Å². The van der Waals surface area contributed by atoms with E-state index in [0.717, 1.165) is 50.5 Å². The zero-order valence-corrected chi connectivity index (χ0v) is 20.4. The van der Waals surface area contributed by atoms with Crippen LogP contribution in [0.15, 0.2) is 30.3 Å². The number of likely N-dealkylation sites (N-methyl/N-ethyl adjacent to an activating group) is 1. The van der Waals surface area contributed by atoms with Gasteiger partial charge in [0.1, 0.15) is 11.5 Å². The Balaban J connectivity index is 0.000000523. The van der Waals surface area contributed by atoms with Gasteiger partial charge in [0.2, 0.25) is 0 Å². The van der Waals surface area contributed by atoms with Crippen LogP contribution < -0.4 is 9.47 Å². The van der Waals surface area contributed by atoms with E-state index in [-0.39, 0.29) is 0 Å². The van der Waals surface area contributed by atoms with Gasteiger partial charge >= 0.3 is 0 Å². The van der Waals surface area contributed by atoms with E-state index in [9.17, 15) is 8.42 Å². The molecule has 0 aromatic heterocycles. The van der Waals surface area contributed by atoms with Crippen LogP contribution in [0.2, 0.25) is 0 Å². The van der Waals surface area contributed by atoms with E-state index in [2.05, 4.69) is 49.2 Å². The van der Waals surface area contributed by atoms with Crippen molar-refractivity contribution in [3.05, 3.63) is 58.1 Å². The van der Waals surface area contributed by atoms with Crippen LogP contribution in [0, 0.1) is 6.92 Å². The maximum Gasteiger partial charge on any atom is 0.261 e. The summed E-state index contributed by atoms with van der Waals surface area (Å²) in [5, 5.41) is 0. The highest BCUT2D eigenvalue weighted by Gasteiger charge is 2.24. The van der Waals surface area contributed by atoms with Crippen molar-refractivity contribution in [1.82, 2.24) is 4.90 Å². The Labute approximate surface area is 192 Å². The lowest BCUT2D eigenvalue weighted by atomic mass is 9.82. The lowest BCUT2D eigenvalue weighted by Crippen LogP contribution is -2.28. The maximum atomic E-state index is 9.19. The number of aryl methyl sites for hydroxylation is 1. The molecular weight excluding hydrogens is 426 g/mol. The summed E-state index contributed by atoms with van der Waals surface area (Å²) in [6, 6.07) is 11.1. The fourth-order valence-electron chi connectivity index (χ4n) is 4.72. The van der Waals surface area contributed by atoms with Crippen molar-refractivity contribution in [3.8, 4) is 11.5 Å². The molecule has 1 atom stereocenters. The standard InChI is InChI=1S/C24H31NO2.CH4O3S/c1-17-14-24-19(11-13-27-24)15-18(17)10-12-25(2)16-20-6-4-8-22-21(20)7-5-9-23(22)26-3;1-5(2,3)4/h5,7,9,14-15,20H,4,6,8,10-13,16H2,1-3H3;1H3,(H,2,3,4). The summed E-state index contributed by atoms with van der Waals surface area (Å²) in [4.78, 5) is 2.50. The fraction of sp³-hybridized carbons (Fsp3) is 0.520. The van der Waals surface area contributed by atoms with E-state index in [1.165, 1.54) is 40.7 Å². The molecule has 6 nitrogen and oxygen atoms in total. The molecule has 1 aliphatic heterocycles. The first-order valence-corrected chi connectivity index (χ1v) is 13.0. The second-order valence-corrected chi connectivity index (χ2v) is 10.3. The van der Waals surface area contributed by atoms with Crippen LogP contribution in [-0.4, -0.2) is 58.0 Å². The van der Waals surface area contributed by atoms with Gasteiger partial charge in [0.05, 0.1) is 20.0 Å². The van der Waals surface area contributed by atoms with E-state index < -0.39 is 10.1 Å². The van der Waals surface area contributed by atoms with Gasteiger partial charge in [-0.05, 0) is 85.5 Å². The topological polar surface area (TPSA) is 76.1 Å². The first-order valence-electron chi connectivity index (χ1n) is 11.2. The number of ether oxygens (including phenoxy) is 2. The van der Waals surface area contributed by atoms with Crippen LogP contribution in [0.25, 0.3) is 0 Å². The molecule has 0 radical (unpaired) electrons. The summed E-state index contributed by atoms with van der Waals surface area (Å²) >= 11 is 0. The summed E-state index contributed by atoms with van der Waals surface area (Å²) in [6.07, 6.45) is 6.56. The number of rotatable bonds is 6. The quantitative estimate of drug-likeness (QED) is 0.655. The minimum absolute atomic E-state index is 0.614. The number of nitrogens with zero attached hydrogens (tertiary/aromatic N) is 1. The SMILES string of the molecule is COc1cccc2c1CCCC2CN(C)CCc1cc2c(cc1C)OCC2.CS(=O)(=O)O. The predicted octanol–water partition coefficient (Wildman–Crippen LogP) is 4.04. The van der Waals surface area contributed by atoms with Gasteiger partial charge in [0.15, 0.2) is 0 Å². The molecule has 2 aliphatic rings. The van der Waals surface area contributed by atoms with Gasteiger partial charge in [-0.25, -0.2) is 0 Å². The van der Waals surface area contributed by atoms with Crippen LogP contribution >= 0.6 is 0 Å². The highest BCUT2D eigenvalue weighted by Crippen LogP contribution is 2.37. The molecule has 0 spiro atoms. The molecule has 0 fully saturated rings. The minimum atomic E-state index is -3.67. The molecule has 4 rings (SSSR count). The van der Waals surface area contributed by atoms with Crippen molar-refractivity contribution in [2.45, 2.75) is 44.9 Å². The summed E-state index contributed by atoms with van der Waals surface area (Å²) in [7, 11) is 0.385. The molecule has 0 saturated heterocycles. The Kier molecular flexibility index (Phi) is 8.20. The third kappa shape index (κ3) is 6.70. The van der Waals surface area contributed by atoms with Gasteiger partial charge in [0, 0.05) is 19.5 Å². The lowest BCUT2D eigenvalue weighted by Gasteiger charge is -2.30. The van der Waals surface area contributed by atoms with Crippen molar-refractivity contribution in [2.24, 2.45) is 0 Å². The Morgan fingerprint density at radius 2 is 2.00 bits per heavy atom. The van der Waals surface area contributed by atoms with Crippen molar-refractivity contribution < 1.29 is 22.4 Å². The molecular formula is C25H35NO5S. The highest BCUT2D eigenvalue weighted by molar-refractivity contribution is 7.85. The number of benzene rings is 2. The monoisotopic (exact) mass is 461 g/mol. The molecule has 2 aromatic rings. The van der Waals surface area contributed by atoms with Crippen molar-refractivity contribution in [2.75, 3.05) is 40.1 Å². The van der Waals surface area contributed by atoms with E-state index in [1.54, 1.807) is 7.11 Å². The second kappa shape index (κ2) is 10.7. The normalized spacial score (nSPS) is 17.1. The largest absolute Gasteiger partial charge is 0.496 e. The number of hydrogen-bond acceptors (Lipinski definition) is 5. The van der Waals surface area contributed by atoms with Crippen molar-refractivity contribution in [1.29, 1.82) is 0 Å². The average molecular weight is 462 g/mol. The third-order valence-corrected chi connectivity index (χ3v) is 6.25. The summed E-state index contributed by atoms with van der Waals surface area (Å²) in [5.74, 6) is 2.77. The van der Waals surface area contributed by atoms with Crippen molar-refractivity contribution in [3.63, 3.8) is 0 Å². The number of fused-ring (bicyclic) bond motifs is 2. The molecule has 32 heavy (non-hydrogen) atoms. The van der Waals surface area contributed by atoms with Crippen LogP contribution in [-0.2, 0) is 29.4 Å². The van der Waals surface area contributed by atoms with Crippen LogP contribution in [0.5, 0.6) is 11.5 Å².